The molecule has 1 unspecified atom stereocenters. The zero-order chi connectivity index (χ0) is 44.4. The summed E-state index contributed by atoms with van der Waals surface area (Å²) in [5.74, 6) is -3.53. The first kappa shape index (κ1) is 45.7. The number of aryl methyl sites for hydroxylation is 2. The summed E-state index contributed by atoms with van der Waals surface area (Å²) in [6, 6.07) is 6.45. The van der Waals surface area contributed by atoms with Crippen molar-refractivity contribution in [2.24, 2.45) is 11.7 Å². The summed E-state index contributed by atoms with van der Waals surface area (Å²) in [7, 11) is 0. The Balaban J connectivity index is 1.70. The third-order valence-electron chi connectivity index (χ3n) is 10.9. The van der Waals surface area contributed by atoms with Crippen LogP contribution in [0.5, 0.6) is 0 Å². The summed E-state index contributed by atoms with van der Waals surface area (Å²) in [6.45, 7) is 13.2. The number of hydrogen-bond donors (Lipinski definition) is 2. The number of esters is 2. The minimum absolute atomic E-state index is 0.108. The Hall–Kier alpha value is -4.37. The molecule has 4 rings (SSSR count). The molecular formula is C44H65N5O9S. The molecule has 326 valence electrons. The number of ether oxygens (including phenoxy) is 3. The second-order valence-corrected chi connectivity index (χ2v) is 18.7. The smallest absolute Gasteiger partial charge is 0.411 e. The van der Waals surface area contributed by atoms with Gasteiger partial charge in [-0.2, -0.15) is 0 Å². The highest BCUT2D eigenvalue weighted by atomic mass is 32.1. The van der Waals surface area contributed by atoms with Gasteiger partial charge in [0.1, 0.15) is 29.3 Å². The topological polar surface area (TPSA) is 188 Å². The van der Waals surface area contributed by atoms with Crippen LogP contribution in [0, 0.1) is 19.8 Å². The zero-order valence-corrected chi connectivity index (χ0v) is 36.9. The highest BCUT2D eigenvalue weighted by Gasteiger charge is 2.54. The fraction of sp³-hybridized carbons (Fsp3) is 0.659. The van der Waals surface area contributed by atoms with E-state index in [4.69, 9.17) is 21.3 Å². The third-order valence-corrected chi connectivity index (χ3v) is 11.9. The Morgan fingerprint density at radius 3 is 2.22 bits per heavy atom. The second kappa shape index (κ2) is 20.3. The summed E-state index contributed by atoms with van der Waals surface area (Å²) in [5, 5.41) is 3.04. The highest BCUT2D eigenvalue weighted by Crippen LogP contribution is 2.40. The normalized spacial score (nSPS) is 18.5. The average Bonchev–Trinajstić information content (AvgIpc) is 3.84. The molecule has 2 heterocycles. The molecule has 1 saturated heterocycles. The summed E-state index contributed by atoms with van der Waals surface area (Å²) in [6.07, 6.45) is 3.41. The van der Waals surface area contributed by atoms with E-state index < -0.39 is 83.0 Å². The highest BCUT2D eigenvalue weighted by molar-refractivity contribution is 7.13. The minimum atomic E-state index is -1.65. The number of carbonyl (C=O) groups is 6. The number of aromatic nitrogens is 1. The van der Waals surface area contributed by atoms with E-state index in [1.807, 2.05) is 6.92 Å². The molecule has 0 bridgehead atoms. The Labute approximate surface area is 354 Å². The van der Waals surface area contributed by atoms with Crippen LogP contribution in [-0.4, -0.2) is 98.9 Å². The number of nitrogens with two attached hydrogens (primary N) is 1. The van der Waals surface area contributed by atoms with E-state index in [0.29, 0.717) is 49.9 Å². The van der Waals surface area contributed by atoms with E-state index in [1.54, 1.807) is 78.8 Å². The van der Waals surface area contributed by atoms with Crippen LogP contribution in [0.1, 0.15) is 146 Å². The summed E-state index contributed by atoms with van der Waals surface area (Å²) in [5.41, 5.74) is 3.16. The maximum Gasteiger partial charge on any atom is 0.411 e. The number of carbonyl (C=O) groups excluding carboxylic acids is 6. The molecule has 1 aromatic heterocycles. The quantitative estimate of drug-likeness (QED) is 0.103. The molecule has 2 aliphatic rings. The Bertz CT molecular complexity index is 1810. The molecule has 0 spiro atoms. The van der Waals surface area contributed by atoms with Crippen molar-refractivity contribution in [2.45, 2.75) is 161 Å². The summed E-state index contributed by atoms with van der Waals surface area (Å²) < 4.78 is 25.3. The molecule has 1 aliphatic carbocycles. The largest absolute Gasteiger partial charge is 0.459 e. The van der Waals surface area contributed by atoms with Crippen molar-refractivity contribution in [1.82, 2.24) is 20.1 Å². The fourth-order valence-corrected chi connectivity index (χ4v) is 8.62. The van der Waals surface area contributed by atoms with Gasteiger partial charge in [0.2, 0.25) is 16.8 Å². The van der Waals surface area contributed by atoms with Crippen LogP contribution in [0.3, 0.4) is 0 Å². The SMILES string of the molecule is [2H]CC(C)(C)OC(=O)N(CC(=O)OC(C)(C)C)[C@@](C)(C(=O)N1CCC[C@H]1C(=O)N[C@@H](CCCCN)C(=O)C(OC(=O)c1nc(C)c(C)s1)c1ccccc1)C1CCCCC1. The number of amides is 3. The van der Waals surface area contributed by atoms with E-state index in [0.717, 1.165) is 29.0 Å². The van der Waals surface area contributed by atoms with Gasteiger partial charge in [-0.1, -0.05) is 49.6 Å². The van der Waals surface area contributed by atoms with Crippen LogP contribution < -0.4 is 11.1 Å². The molecule has 1 aromatic carbocycles. The maximum absolute atomic E-state index is 15.3. The lowest BCUT2D eigenvalue weighted by Gasteiger charge is -2.48. The number of hydrogen-bond acceptors (Lipinski definition) is 12. The van der Waals surface area contributed by atoms with Gasteiger partial charge in [0.25, 0.3) is 0 Å². The third kappa shape index (κ3) is 12.6. The Morgan fingerprint density at radius 2 is 1.63 bits per heavy atom. The minimum Gasteiger partial charge on any atom is -0.459 e. The number of unbranched alkanes of at least 4 members (excludes halogenated alkanes) is 1. The number of rotatable bonds is 16. The van der Waals surface area contributed by atoms with Gasteiger partial charge in [-0.3, -0.25) is 24.1 Å². The van der Waals surface area contributed by atoms with Gasteiger partial charge in [0, 0.05) is 18.4 Å². The molecule has 59 heavy (non-hydrogen) atoms. The number of nitrogens with zero attached hydrogens (tertiary/aromatic N) is 3. The first-order valence-corrected chi connectivity index (χ1v) is 21.6. The van der Waals surface area contributed by atoms with Gasteiger partial charge in [0.15, 0.2) is 11.9 Å². The van der Waals surface area contributed by atoms with Crippen molar-refractivity contribution in [3.05, 3.63) is 51.5 Å². The number of Topliss-reactive ketones (excluding diaryl/α,β-unsaturated/α-hetero) is 1. The molecule has 1 aliphatic heterocycles. The van der Waals surface area contributed by atoms with Crippen molar-refractivity contribution >= 4 is 47.0 Å². The first-order valence-electron chi connectivity index (χ1n) is 21.5. The molecule has 2 aromatic rings. The van der Waals surface area contributed by atoms with Gasteiger partial charge in [-0.25, -0.2) is 14.6 Å². The molecule has 1 saturated carbocycles. The fourth-order valence-electron chi connectivity index (χ4n) is 7.83. The van der Waals surface area contributed by atoms with E-state index in [-0.39, 0.29) is 31.3 Å². The predicted octanol–water partition coefficient (Wildman–Crippen LogP) is 6.75. The van der Waals surface area contributed by atoms with Crippen LogP contribution in [0.15, 0.2) is 30.3 Å². The maximum atomic E-state index is 15.3. The van der Waals surface area contributed by atoms with Crippen LogP contribution in [0.4, 0.5) is 4.79 Å². The van der Waals surface area contributed by atoms with Crippen molar-refractivity contribution in [3.63, 3.8) is 0 Å². The average molecular weight is 841 g/mol. The molecule has 2 fully saturated rings. The van der Waals surface area contributed by atoms with Gasteiger partial charge in [-0.05, 0) is 120 Å². The zero-order valence-electron chi connectivity index (χ0n) is 37.1. The number of thiazole rings is 1. The van der Waals surface area contributed by atoms with Gasteiger partial charge >= 0.3 is 18.0 Å². The molecule has 0 radical (unpaired) electrons. The van der Waals surface area contributed by atoms with E-state index in [2.05, 4.69) is 10.3 Å². The number of ketones is 1. The van der Waals surface area contributed by atoms with Crippen molar-refractivity contribution in [2.75, 3.05) is 19.6 Å². The Morgan fingerprint density at radius 1 is 0.949 bits per heavy atom. The van der Waals surface area contributed by atoms with Crippen LogP contribution >= 0.6 is 11.3 Å². The molecule has 14 nitrogen and oxygen atoms in total. The number of likely N-dealkylation sites (tertiary alicyclic amines) is 1. The van der Waals surface area contributed by atoms with Crippen molar-refractivity contribution < 1.29 is 44.3 Å². The van der Waals surface area contributed by atoms with Gasteiger partial charge in [-0.15, -0.1) is 11.3 Å². The van der Waals surface area contributed by atoms with Gasteiger partial charge < -0.3 is 30.2 Å². The van der Waals surface area contributed by atoms with E-state index in [1.165, 1.54) is 16.2 Å². The molecule has 4 atom stereocenters. The number of benzene rings is 1. The summed E-state index contributed by atoms with van der Waals surface area (Å²) in [4.78, 5) is 93.3. The molecule has 3 N–H and O–H groups in total. The Kier molecular flexibility index (Phi) is 15.7. The lowest BCUT2D eigenvalue weighted by Crippen LogP contribution is -2.66. The summed E-state index contributed by atoms with van der Waals surface area (Å²) >= 11 is 1.17. The van der Waals surface area contributed by atoms with Crippen molar-refractivity contribution in [1.29, 1.82) is 0 Å². The van der Waals surface area contributed by atoms with E-state index >= 15 is 4.79 Å². The number of nitrogens with one attached hydrogen (secondary N) is 1. The monoisotopic (exact) mass is 840 g/mol. The standard InChI is InChI=1S/C44H65N5O9S/c1-28-29(2)59-38(46-28)39(53)56-36(30-19-12-10-13-20-30)35(51)32(23-16-17-25-45)47-37(52)33-24-18-26-48(33)40(54)44(9,31-21-14-11-15-22-31)49(41(55)58-43(6,7)8)27-34(50)57-42(3,4)5/h10,12-13,19-20,31-33,36H,11,14-18,21-27,45H2,1-9H3,(H,47,52)/t32-,33-,36?,44+/m0/s1/i6D. The van der Waals surface area contributed by atoms with Crippen molar-refractivity contribution in [3.8, 4) is 0 Å². The van der Waals surface area contributed by atoms with Crippen LogP contribution in [-0.2, 0) is 33.4 Å². The van der Waals surface area contributed by atoms with Crippen LogP contribution in [0.2, 0.25) is 0 Å². The molecule has 3 amide bonds. The molecule has 15 heteroatoms. The lowest BCUT2D eigenvalue weighted by molar-refractivity contribution is -0.163. The second-order valence-electron chi connectivity index (χ2n) is 17.5. The lowest BCUT2D eigenvalue weighted by atomic mass is 9.73. The van der Waals surface area contributed by atoms with E-state index in [9.17, 15) is 24.0 Å². The molecular weight excluding hydrogens is 775 g/mol. The first-order chi connectivity index (χ1) is 28.2. The van der Waals surface area contributed by atoms with Crippen LogP contribution in [0.25, 0.3) is 0 Å². The predicted molar refractivity (Wildman–Crippen MR) is 225 cm³/mol. The van der Waals surface area contributed by atoms with Gasteiger partial charge in [0.05, 0.1) is 11.7 Å².